The Morgan fingerprint density at radius 2 is 1.70 bits per heavy atom. The van der Waals surface area contributed by atoms with Crippen molar-refractivity contribution in [3.8, 4) is 0 Å². The van der Waals surface area contributed by atoms with Crippen molar-refractivity contribution < 1.29 is 4.57 Å². The molecule has 3 heteroatoms. The van der Waals surface area contributed by atoms with Gasteiger partial charge in [0.2, 0.25) is 0 Å². The fourth-order valence-corrected chi connectivity index (χ4v) is 2.55. The van der Waals surface area contributed by atoms with Crippen molar-refractivity contribution in [3.63, 3.8) is 0 Å². The first-order valence-corrected chi connectivity index (χ1v) is 7.43. The van der Waals surface area contributed by atoms with Crippen LogP contribution in [0.3, 0.4) is 0 Å². The van der Waals surface area contributed by atoms with Crippen LogP contribution in [0.1, 0.15) is 5.56 Å². The van der Waals surface area contributed by atoms with E-state index in [1.54, 1.807) is 0 Å². The molecule has 104 valence electrons. The number of pyridine rings is 1. The molecule has 2 nitrogen and oxygen atoms in total. The molecule has 2 aromatic rings. The predicted octanol–water partition coefficient (Wildman–Crippen LogP) is 3.10. The lowest BCUT2D eigenvalue weighted by molar-refractivity contribution is -0.567. The van der Waals surface area contributed by atoms with Gasteiger partial charge in [-0.05, 0) is 29.8 Å². The van der Waals surface area contributed by atoms with Gasteiger partial charge in [0.15, 0.2) is 18.6 Å². The predicted molar refractivity (Wildman–Crippen MR) is 90.7 cm³/mol. The van der Waals surface area contributed by atoms with Gasteiger partial charge in [0.25, 0.3) is 0 Å². The standard InChI is InChI=1S/C17H21N2S/c1-19(2,14-15-20)17-8-6-16(7-9-17)10-13-18-11-4-3-5-12-18/h3-13H,14-15H2,1-2H3/q+1/p+1. The molecule has 1 aromatic carbocycles. The van der Waals surface area contributed by atoms with Crippen LogP contribution in [-0.2, 0) is 0 Å². The summed E-state index contributed by atoms with van der Waals surface area (Å²) < 4.78 is 2.90. The van der Waals surface area contributed by atoms with E-state index in [0.29, 0.717) is 0 Å². The molecule has 0 radical (unpaired) electrons. The van der Waals surface area contributed by atoms with Crippen LogP contribution < -0.4 is 9.05 Å². The quantitative estimate of drug-likeness (QED) is 0.489. The Bertz CT molecular complexity index is 559. The highest BCUT2D eigenvalue weighted by Gasteiger charge is 2.16. The second-order valence-electron chi connectivity index (χ2n) is 5.36. The third-order valence-corrected chi connectivity index (χ3v) is 3.63. The van der Waals surface area contributed by atoms with E-state index in [4.69, 9.17) is 0 Å². The summed E-state index contributed by atoms with van der Waals surface area (Å²) >= 11 is 4.33. The summed E-state index contributed by atoms with van der Waals surface area (Å²) in [7, 11) is 4.42. The molecule has 0 unspecified atom stereocenters. The number of hydrogen-bond donors (Lipinski definition) is 1. The van der Waals surface area contributed by atoms with Crippen LogP contribution in [0.4, 0.5) is 5.69 Å². The highest BCUT2D eigenvalue weighted by molar-refractivity contribution is 7.80. The normalized spacial score (nSPS) is 11.9. The molecule has 0 atom stereocenters. The first-order chi connectivity index (χ1) is 9.62. The average molecular weight is 286 g/mol. The Morgan fingerprint density at radius 3 is 2.30 bits per heavy atom. The molecule has 0 aliphatic heterocycles. The minimum absolute atomic E-state index is 0.862. The Morgan fingerprint density at radius 1 is 1.05 bits per heavy atom. The fourth-order valence-electron chi connectivity index (χ4n) is 2.05. The van der Waals surface area contributed by atoms with E-state index in [-0.39, 0.29) is 0 Å². The van der Waals surface area contributed by atoms with E-state index in [1.807, 2.05) is 35.2 Å². The second kappa shape index (κ2) is 6.73. The second-order valence-corrected chi connectivity index (χ2v) is 5.81. The van der Waals surface area contributed by atoms with E-state index in [2.05, 4.69) is 63.3 Å². The maximum atomic E-state index is 4.33. The van der Waals surface area contributed by atoms with Crippen LogP contribution in [0.5, 0.6) is 0 Å². The van der Waals surface area contributed by atoms with Gasteiger partial charge in [0.1, 0.15) is 5.69 Å². The maximum absolute atomic E-state index is 4.33. The van der Waals surface area contributed by atoms with Crippen LogP contribution in [0, 0.1) is 0 Å². The Balaban J connectivity index is 2.11. The lowest BCUT2D eigenvalue weighted by Gasteiger charge is -2.28. The number of benzene rings is 1. The molecule has 0 N–H and O–H groups in total. The largest absolute Gasteiger partial charge is 0.295 e. The lowest BCUT2D eigenvalue weighted by atomic mass is 10.2. The summed E-state index contributed by atoms with van der Waals surface area (Å²) in [6.07, 6.45) is 8.22. The van der Waals surface area contributed by atoms with Gasteiger partial charge in [-0.1, -0.05) is 6.07 Å². The van der Waals surface area contributed by atoms with Crippen LogP contribution in [0.2, 0.25) is 0 Å². The molecular weight excluding hydrogens is 264 g/mol. The van der Waals surface area contributed by atoms with E-state index >= 15 is 0 Å². The SMILES string of the molecule is C[N+](C)(CCS)c1ccc(C=C[n+]2ccccc2)cc1. The highest BCUT2D eigenvalue weighted by atomic mass is 32.1. The summed E-state index contributed by atoms with van der Waals surface area (Å²) in [5.41, 5.74) is 2.51. The monoisotopic (exact) mass is 286 g/mol. The molecule has 0 aliphatic rings. The van der Waals surface area contributed by atoms with Crippen molar-refractivity contribution >= 4 is 30.6 Å². The number of rotatable bonds is 5. The summed E-state index contributed by atoms with van der Waals surface area (Å²) in [5.74, 6) is 0.888. The van der Waals surface area contributed by atoms with E-state index in [0.717, 1.165) is 16.8 Å². The van der Waals surface area contributed by atoms with Crippen molar-refractivity contribution in [2.75, 3.05) is 26.4 Å². The highest BCUT2D eigenvalue weighted by Crippen LogP contribution is 2.19. The molecular formula is C17H22N2S+2. The van der Waals surface area contributed by atoms with Crippen molar-refractivity contribution in [1.29, 1.82) is 0 Å². The number of quaternary nitrogens is 1. The Kier molecular flexibility index (Phi) is 4.99. The van der Waals surface area contributed by atoms with E-state index < -0.39 is 0 Å². The molecule has 0 aliphatic carbocycles. The Hall–Kier alpha value is -1.58. The van der Waals surface area contributed by atoms with Crippen molar-refractivity contribution in [2.24, 2.45) is 0 Å². The summed E-state index contributed by atoms with van der Waals surface area (Å²) in [5, 5.41) is 0. The number of hydrogen-bond acceptors (Lipinski definition) is 1. The van der Waals surface area contributed by atoms with Crippen molar-refractivity contribution in [3.05, 3.63) is 60.4 Å². The number of aromatic nitrogens is 1. The zero-order valence-electron chi connectivity index (χ0n) is 12.1. The molecule has 1 heterocycles. The minimum atomic E-state index is 0.862. The molecule has 0 saturated carbocycles. The average Bonchev–Trinajstić information content (AvgIpc) is 2.47. The van der Waals surface area contributed by atoms with Gasteiger partial charge in [-0.2, -0.15) is 17.2 Å². The van der Waals surface area contributed by atoms with Gasteiger partial charge in [-0.25, -0.2) is 0 Å². The van der Waals surface area contributed by atoms with Gasteiger partial charge < -0.3 is 0 Å². The number of nitrogens with zero attached hydrogens (tertiary/aromatic N) is 2. The third kappa shape index (κ3) is 3.95. The zero-order chi connectivity index (χ0) is 14.4. The van der Waals surface area contributed by atoms with E-state index in [1.165, 1.54) is 11.3 Å². The summed E-state index contributed by atoms with van der Waals surface area (Å²) in [4.78, 5) is 0. The van der Waals surface area contributed by atoms with Crippen LogP contribution in [0.15, 0.2) is 54.9 Å². The molecule has 0 saturated heterocycles. The topological polar surface area (TPSA) is 3.88 Å². The molecule has 0 fully saturated rings. The van der Waals surface area contributed by atoms with Gasteiger partial charge in [0, 0.05) is 24.0 Å². The van der Waals surface area contributed by atoms with Gasteiger partial charge in [-0.15, -0.1) is 0 Å². The van der Waals surface area contributed by atoms with Crippen LogP contribution >= 0.6 is 12.6 Å². The first kappa shape index (κ1) is 14.8. The number of thiol groups is 1. The van der Waals surface area contributed by atoms with Crippen molar-refractivity contribution in [1.82, 2.24) is 4.48 Å². The summed E-state index contributed by atoms with van der Waals surface area (Å²) in [6, 6.07) is 14.8. The molecule has 0 bridgehead atoms. The van der Waals surface area contributed by atoms with Crippen LogP contribution in [0.25, 0.3) is 12.3 Å². The van der Waals surface area contributed by atoms with E-state index in [9.17, 15) is 0 Å². The third-order valence-electron chi connectivity index (χ3n) is 3.43. The smallest absolute Gasteiger partial charge is 0.175 e. The van der Waals surface area contributed by atoms with Gasteiger partial charge in [0.05, 0.1) is 20.6 Å². The van der Waals surface area contributed by atoms with Crippen molar-refractivity contribution in [2.45, 2.75) is 0 Å². The lowest BCUT2D eigenvalue weighted by Crippen LogP contribution is -2.42. The van der Waals surface area contributed by atoms with Gasteiger partial charge >= 0.3 is 0 Å². The minimum Gasteiger partial charge on any atom is -0.295 e. The molecule has 1 aromatic heterocycles. The maximum Gasteiger partial charge on any atom is 0.175 e. The molecule has 0 amide bonds. The Labute approximate surface area is 127 Å². The molecule has 0 spiro atoms. The summed E-state index contributed by atoms with van der Waals surface area (Å²) in [6.45, 7) is 1.03. The van der Waals surface area contributed by atoms with Gasteiger partial charge in [-0.3, -0.25) is 4.48 Å². The fraction of sp³-hybridized carbons (Fsp3) is 0.235. The first-order valence-electron chi connectivity index (χ1n) is 6.80. The zero-order valence-corrected chi connectivity index (χ0v) is 13.0. The molecule has 2 rings (SSSR count). The molecule has 20 heavy (non-hydrogen) atoms. The van der Waals surface area contributed by atoms with Crippen LogP contribution in [-0.4, -0.2) is 26.4 Å².